The first kappa shape index (κ1) is 14.8. The highest BCUT2D eigenvalue weighted by atomic mass is 16.4. The lowest BCUT2D eigenvalue weighted by Crippen LogP contribution is -2.49. The monoisotopic (exact) mass is 267 g/mol. The minimum Gasteiger partial charge on any atom is -0.481 e. The Hall–Kier alpha value is -0.570. The van der Waals surface area contributed by atoms with Gasteiger partial charge in [0.2, 0.25) is 0 Å². The first-order chi connectivity index (χ1) is 8.91. The third-order valence-electron chi connectivity index (χ3n) is 5.53. The predicted molar refractivity (Wildman–Crippen MR) is 77.1 cm³/mol. The van der Waals surface area contributed by atoms with Crippen molar-refractivity contribution in [3.63, 3.8) is 0 Å². The number of rotatable bonds is 3. The molecule has 19 heavy (non-hydrogen) atoms. The zero-order valence-corrected chi connectivity index (χ0v) is 12.7. The topological polar surface area (TPSA) is 40.5 Å². The fourth-order valence-corrected chi connectivity index (χ4v) is 3.71. The molecule has 1 N–H and O–H groups in total. The van der Waals surface area contributed by atoms with Crippen molar-refractivity contribution in [1.82, 2.24) is 4.90 Å². The van der Waals surface area contributed by atoms with Gasteiger partial charge in [0.05, 0.1) is 5.41 Å². The van der Waals surface area contributed by atoms with Crippen LogP contribution in [-0.2, 0) is 4.79 Å². The number of carboxylic acid groups (broad SMARTS) is 1. The molecule has 0 aromatic heterocycles. The smallest absolute Gasteiger partial charge is 0.309 e. The molecule has 0 aromatic rings. The predicted octanol–water partition coefficient (Wildman–Crippen LogP) is 3.39. The van der Waals surface area contributed by atoms with Crippen molar-refractivity contribution in [3.8, 4) is 0 Å². The minimum absolute atomic E-state index is 0.304. The standard InChI is InChI=1S/C16H29NO2/c1-12-6-8-14(9-7-12)17-10-4-5-13(11-17)16(2,3)15(18)19/h12-14H,4-11H2,1-3H3,(H,18,19). The lowest BCUT2D eigenvalue weighted by atomic mass is 9.74. The molecular weight excluding hydrogens is 238 g/mol. The van der Waals surface area contributed by atoms with Crippen LogP contribution in [0, 0.1) is 17.3 Å². The molecular formula is C16H29NO2. The lowest BCUT2D eigenvalue weighted by molar-refractivity contribution is -0.151. The molecule has 1 unspecified atom stereocenters. The second-order valence-corrected chi connectivity index (χ2v) is 7.27. The number of nitrogens with zero attached hydrogens (tertiary/aromatic N) is 1. The van der Waals surface area contributed by atoms with Crippen LogP contribution in [0.4, 0.5) is 0 Å². The Kier molecular flexibility index (Phi) is 4.54. The van der Waals surface area contributed by atoms with Crippen LogP contribution >= 0.6 is 0 Å². The first-order valence-electron chi connectivity index (χ1n) is 7.88. The molecule has 0 spiro atoms. The second kappa shape index (κ2) is 5.82. The summed E-state index contributed by atoms with van der Waals surface area (Å²) in [5.41, 5.74) is -0.583. The van der Waals surface area contributed by atoms with Crippen LogP contribution in [0.3, 0.4) is 0 Å². The van der Waals surface area contributed by atoms with E-state index in [9.17, 15) is 9.90 Å². The molecule has 0 amide bonds. The molecule has 3 nitrogen and oxygen atoms in total. The molecule has 1 heterocycles. The van der Waals surface area contributed by atoms with E-state index in [4.69, 9.17) is 0 Å². The van der Waals surface area contributed by atoms with Crippen LogP contribution in [-0.4, -0.2) is 35.1 Å². The second-order valence-electron chi connectivity index (χ2n) is 7.27. The van der Waals surface area contributed by atoms with Gasteiger partial charge in [-0.25, -0.2) is 0 Å². The lowest BCUT2D eigenvalue weighted by Gasteiger charge is -2.44. The van der Waals surface area contributed by atoms with Crippen molar-refractivity contribution >= 4 is 5.97 Å². The fourth-order valence-electron chi connectivity index (χ4n) is 3.71. The fraction of sp³-hybridized carbons (Fsp3) is 0.938. The highest BCUT2D eigenvalue weighted by molar-refractivity contribution is 5.74. The molecule has 1 aliphatic heterocycles. The van der Waals surface area contributed by atoms with E-state index in [0.717, 1.165) is 25.3 Å². The summed E-state index contributed by atoms with van der Waals surface area (Å²) < 4.78 is 0. The minimum atomic E-state index is -0.642. The molecule has 2 fully saturated rings. The molecule has 1 atom stereocenters. The van der Waals surface area contributed by atoms with E-state index >= 15 is 0 Å². The van der Waals surface area contributed by atoms with Crippen LogP contribution in [0.2, 0.25) is 0 Å². The van der Waals surface area contributed by atoms with Crippen molar-refractivity contribution in [2.75, 3.05) is 13.1 Å². The molecule has 0 radical (unpaired) electrons. The Morgan fingerprint density at radius 3 is 2.37 bits per heavy atom. The van der Waals surface area contributed by atoms with Crippen molar-refractivity contribution in [2.24, 2.45) is 17.3 Å². The van der Waals surface area contributed by atoms with E-state index in [1.807, 2.05) is 13.8 Å². The van der Waals surface area contributed by atoms with Gasteiger partial charge in [-0.2, -0.15) is 0 Å². The Morgan fingerprint density at radius 1 is 1.16 bits per heavy atom. The van der Waals surface area contributed by atoms with Gasteiger partial charge in [0.1, 0.15) is 0 Å². The molecule has 1 saturated heterocycles. The maximum absolute atomic E-state index is 11.4. The van der Waals surface area contributed by atoms with Crippen LogP contribution in [0.15, 0.2) is 0 Å². The Morgan fingerprint density at radius 2 is 1.79 bits per heavy atom. The van der Waals surface area contributed by atoms with E-state index in [-0.39, 0.29) is 0 Å². The molecule has 0 aromatic carbocycles. The largest absolute Gasteiger partial charge is 0.481 e. The van der Waals surface area contributed by atoms with Gasteiger partial charge < -0.3 is 10.0 Å². The SMILES string of the molecule is CC1CCC(N2CCCC(C(C)(C)C(=O)O)C2)CC1. The van der Waals surface area contributed by atoms with Gasteiger partial charge in [0.25, 0.3) is 0 Å². The van der Waals surface area contributed by atoms with Gasteiger partial charge in [-0.15, -0.1) is 0 Å². The van der Waals surface area contributed by atoms with Crippen LogP contribution in [0.25, 0.3) is 0 Å². The summed E-state index contributed by atoms with van der Waals surface area (Å²) in [5.74, 6) is 0.544. The molecule has 2 aliphatic rings. The summed E-state index contributed by atoms with van der Waals surface area (Å²) in [6, 6.07) is 0.712. The Bertz CT molecular complexity index is 319. The van der Waals surface area contributed by atoms with E-state index < -0.39 is 11.4 Å². The zero-order valence-electron chi connectivity index (χ0n) is 12.7. The Labute approximate surface area is 117 Å². The molecule has 110 valence electrons. The van der Waals surface area contributed by atoms with Gasteiger partial charge in [-0.3, -0.25) is 4.79 Å². The number of carbonyl (C=O) groups is 1. The highest BCUT2D eigenvalue weighted by Gasteiger charge is 2.40. The third kappa shape index (κ3) is 3.31. The quantitative estimate of drug-likeness (QED) is 0.852. The van der Waals surface area contributed by atoms with E-state index in [2.05, 4.69) is 11.8 Å². The van der Waals surface area contributed by atoms with Crippen molar-refractivity contribution in [2.45, 2.75) is 65.3 Å². The van der Waals surface area contributed by atoms with Crippen molar-refractivity contribution in [1.29, 1.82) is 0 Å². The molecule has 1 saturated carbocycles. The van der Waals surface area contributed by atoms with Crippen LogP contribution < -0.4 is 0 Å². The van der Waals surface area contributed by atoms with Crippen LogP contribution in [0.5, 0.6) is 0 Å². The van der Waals surface area contributed by atoms with E-state index in [1.54, 1.807) is 0 Å². The zero-order chi connectivity index (χ0) is 14.0. The van der Waals surface area contributed by atoms with Gasteiger partial charge in [0, 0.05) is 12.6 Å². The maximum Gasteiger partial charge on any atom is 0.309 e. The molecule has 2 rings (SSSR count). The number of hydrogen-bond donors (Lipinski definition) is 1. The number of aliphatic carboxylic acids is 1. The number of likely N-dealkylation sites (tertiary alicyclic amines) is 1. The number of hydrogen-bond acceptors (Lipinski definition) is 2. The van der Waals surface area contributed by atoms with Gasteiger partial charge in [-0.05, 0) is 70.8 Å². The summed E-state index contributed by atoms with van der Waals surface area (Å²) in [6.45, 7) is 8.30. The summed E-state index contributed by atoms with van der Waals surface area (Å²) in [6.07, 6.45) is 7.53. The Balaban J connectivity index is 1.95. The molecule has 1 aliphatic carbocycles. The first-order valence-corrected chi connectivity index (χ1v) is 7.88. The van der Waals surface area contributed by atoms with Crippen LogP contribution in [0.1, 0.15) is 59.3 Å². The third-order valence-corrected chi connectivity index (χ3v) is 5.53. The maximum atomic E-state index is 11.4. The van der Waals surface area contributed by atoms with Gasteiger partial charge >= 0.3 is 5.97 Å². The molecule has 3 heteroatoms. The summed E-state index contributed by atoms with van der Waals surface area (Å²) >= 11 is 0. The highest BCUT2D eigenvalue weighted by Crippen LogP contribution is 2.37. The number of carboxylic acids is 1. The summed E-state index contributed by atoms with van der Waals surface area (Å²) in [4.78, 5) is 14.0. The average molecular weight is 267 g/mol. The van der Waals surface area contributed by atoms with Gasteiger partial charge in [0.15, 0.2) is 0 Å². The van der Waals surface area contributed by atoms with E-state index in [0.29, 0.717) is 12.0 Å². The van der Waals surface area contributed by atoms with E-state index in [1.165, 1.54) is 32.2 Å². The average Bonchev–Trinajstić information content (AvgIpc) is 2.39. The number of piperidine rings is 1. The normalized spacial score (nSPS) is 34.2. The van der Waals surface area contributed by atoms with Crippen molar-refractivity contribution < 1.29 is 9.90 Å². The molecule has 0 bridgehead atoms. The van der Waals surface area contributed by atoms with Gasteiger partial charge in [-0.1, -0.05) is 6.92 Å². The van der Waals surface area contributed by atoms with Crippen molar-refractivity contribution in [3.05, 3.63) is 0 Å². The summed E-state index contributed by atoms with van der Waals surface area (Å²) in [5, 5.41) is 9.41. The summed E-state index contributed by atoms with van der Waals surface area (Å²) in [7, 11) is 0.